The van der Waals surface area contributed by atoms with Crippen molar-refractivity contribution in [2.45, 2.75) is 26.5 Å². The van der Waals surface area contributed by atoms with Crippen molar-refractivity contribution in [3.05, 3.63) is 64.2 Å². The first-order valence-corrected chi connectivity index (χ1v) is 10.5. The molecule has 6 nitrogen and oxygen atoms in total. The van der Waals surface area contributed by atoms with Gasteiger partial charge in [0.15, 0.2) is 0 Å². The van der Waals surface area contributed by atoms with Gasteiger partial charge in [-0.15, -0.1) is 11.3 Å². The molecule has 0 saturated heterocycles. The Hall–Kier alpha value is -3.03. The Morgan fingerprint density at radius 2 is 2.13 bits per heavy atom. The maximum atomic E-state index is 12.8. The number of nitrogens with one attached hydrogen (secondary N) is 1. The molecular formula is C23H23N3O3S. The van der Waals surface area contributed by atoms with E-state index in [1.807, 2.05) is 32.2 Å². The zero-order valence-corrected chi connectivity index (χ0v) is 18.0. The van der Waals surface area contributed by atoms with E-state index in [1.54, 1.807) is 34.6 Å². The Bertz CT molecular complexity index is 1150. The third-order valence-electron chi connectivity index (χ3n) is 5.34. The van der Waals surface area contributed by atoms with Crippen molar-refractivity contribution < 1.29 is 14.3 Å². The fourth-order valence-electron chi connectivity index (χ4n) is 3.51. The molecule has 1 unspecified atom stereocenters. The Morgan fingerprint density at radius 1 is 1.33 bits per heavy atom. The van der Waals surface area contributed by atoms with Crippen LogP contribution < -0.4 is 5.32 Å². The minimum Gasteiger partial charge on any atom is -0.367 e. The third kappa shape index (κ3) is 3.99. The van der Waals surface area contributed by atoms with E-state index >= 15 is 0 Å². The molecule has 4 rings (SSSR count). The number of fused-ring (bicyclic) bond motifs is 2. The van der Waals surface area contributed by atoms with Gasteiger partial charge >= 0.3 is 0 Å². The molecule has 1 aliphatic heterocycles. The maximum absolute atomic E-state index is 12.8. The topological polar surface area (TPSA) is 71.5 Å². The number of likely N-dealkylation sites (N-methyl/N-ethyl adjacent to an activating group) is 1. The minimum atomic E-state index is -0.216. The van der Waals surface area contributed by atoms with Crippen LogP contribution in [0.5, 0.6) is 0 Å². The van der Waals surface area contributed by atoms with Gasteiger partial charge < -0.3 is 15.0 Å². The van der Waals surface area contributed by atoms with Gasteiger partial charge in [-0.1, -0.05) is 18.2 Å². The lowest BCUT2D eigenvalue weighted by Crippen LogP contribution is -2.27. The molecule has 3 heterocycles. The molecular weight excluding hydrogens is 398 g/mol. The smallest absolute Gasteiger partial charge is 0.251 e. The van der Waals surface area contributed by atoms with Gasteiger partial charge in [0.05, 0.1) is 12.6 Å². The zero-order chi connectivity index (χ0) is 21.3. The molecule has 1 aromatic carbocycles. The number of carbonyl (C=O) groups excluding carboxylic acids is 2. The van der Waals surface area contributed by atoms with Gasteiger partial charge in [-0.2, -0.15) is 0 Å². The fourth-order valence-corrected chi connectivity index (χ4v) is 4.81. The highest BCUT2D eigenvalue weighted by Gasteiger charge is 2.21. The average Bonchev–Trinajstić information content (AvgIpc) is 2.96. The van der Waals surface area contributed by atoms with Crippen molar-refractivity contribution in [1.29, 1.82) is 0 Å². The predicted molar refractivity (Wildman–Crippen MR) is 119 cm³/mol. The number of hydrogen-bond donors (Lipinski definition) is 1. The van der Waals surface area contributed by atoms with Gasteiger partial charge in [-0.3, -0.25) is 9.59 Å². The average molecular weight is 422 g/mol. The molecule has 154 valence electrons. The van der Waals surface area contributed by atoms with Crippen molar-refractivity contribution in [2.75, 3.05) is 19.0 Å². The number of nitrogens with zero attached hydrogens (tertiary/aromatic N) is 2. The van der Waals surface area contributed by atoms with Crippen LogP contribution in [0.2, 0.25) is 0 Å². The summed E-state index contributed by atoms with van der Waals surface area (Å²) in [5.41, 5.74) is 2.79. The Balaban J connectivity index is 1.50. The first kappa shape index (κ1) is 20.3. The van der Waals surface area contributed by atoms with Crippen LogP contribution in [0.15, 0.2) is 42.6 Å². The van der Waals surface area contributed by atoms with E-state index < -0.39 is 0 Å². The quantitative estimate of drug-likeness (QED) is 0.638. The maximum Gasteiger partial charge on any atom is 0.251 e. The molecule has 30 heavy (non-hydrogen) atoms. The molecule has 0 radical (unpaired) electrons. The van der Waals surface area contributed by atoms with E-state index in [-0.39, 0.29) is 24.5 Å². The molecule has 0 fully saturated rings. The molecule has 0 bridgehead atoms. The highest BCUT2D eigenvalue weighted by molar-refractivity contribution is 7.19. The molecule has 2 amide bonds. The van der Waals surface area contributed by atoms with Gasteiger partial charge in [0.1, 0.15) is 12.4 Å². The van der Waals surface area contributed by atoms with Crippen LogP contribution in [0, 0.1) is 6.92 Å². The van der Waals surface area contributed by atoms with E-state index in [0.717, 1.165) is 11.1 Å². The summed E-state index contributed by atoms with van der Waals surface area (Å²) >= 11 is 1.73. The number of pyridine rings is 1. The van der Waals surface area contributed by atoms with Gasteiger partial charge in [-0.05, 0) is 48.6 Å². The number of aromatic nitrogens is 1. The molecule has 1 N–H and O–H groups in total. The number of ether oxygens (including phenoxy) is 1. The van der Waals surface area contributed by atoms with Crippen LogP contribution in [0.3, 0.4) is 0 Å². The Kier molecular flexibility index (Phi) is 5.65. The van der Waals surface area contributed by atoms with Crippen LogP contribution in [-0.4, -0.2) is 35.4 Å². The monoisotopic (exact) mass is 421 g/mol. The summed E-state index contributed by atoms with van der Waals surface area (Å²) in [6.45, 7) is 4.48. The number of benzene rings is 1. The summed E-state index contributed by atoms with van der Waals surface area (Å²) in [7, 11) is 1.82. The number of thiophene rings is 1. The molecule has 0 saturated carbocycles. The lowest BCUT2D eigenvalue weighted by atomic mass is 10.1. The molecule has 1 atom stereocenters. The molecule has 0 aliphatic carbocycles. The molecule has 2 aromatic heterocycles. The zero-order valence-electron chi connectivity index (χ0n) is 17.1. The highest BCUT2D eigenvalue weighted by Crippen LogP contribution is 2.36. The number of amides is 2. The number of hydrogen-bond acceptors (Lipinski definition) is 5. The van der Waals surface area contributed by atoms with Crippen LogP contribution >= 0.6 is 11.3 Å². The van der Waals surface area contributed by atoms with Gasteiger partial charge in [0.2, 0.25) is 5.91 Å². The lowest BCUT2D eigenvalue weighted by Gasteiger charge is -2.23. The lowest BCUT2D eigenvalue weighted by molar-refractivity contribution is -0.126. The summed E-state index contributed by atoms with van der Waals surface area (Å²) in [6.07, 6.45) is 4.93. The molecule has 1 aliphatic rings. The van der Waals surface area contributed by atoms with E-state index in [0.29, 0.717) is 12.4 Å². The Labute approximate surface area is 179 Å². The first-order chi connectivity index (χ1) is 14.4. The van der Waals surface area contributed by atoms with Crippen LogP contribution in [0.1, 0.15) is 34.5 Å². The van der Waals surface area contributed by atoms with Crippen LogP contribution in [-0.2, 0) is 20.9 Å². The number of rotatable bonds is 4. The van der Waals surface area contributed by atoms with Crippen molar-refractivity contribution in [3.8, 4) is 0 Å². The number of anilines is 1. The van der Waals surface area contributed by atoms with Crippen LogP contribution in [0.25, 0.3) is 16.2 Å². The summed E-state index contributed by atoms with van der Waals surface area (Å²) in [4.78, 5) is 31.6. The number of carbonyl (C=O) groups is 2. The second kappa shape index (κ2) is 8.38. The summed E-state index contributed by atoms with van der Waals surface area (Å²) < 4.78 is 6.55. The summed E-state index contributed by atoms with van der Waals surface area (Å²) in [5, 5.41) is 3.95. The second-order valence-corrected chi connectivity index (χ2v) is 8.45. The van der Waals surface area contributed by atoms with Gasteiger partial charge in [-0.25, -0.2) is 4.98 Å². The van der Waals surface area contributed by atoms with Crippen molar-refractivity contribution in [3.63, 3.8) is 0 Å². The number of aryl methyl sites for hydroxylation is 1. The summed E-state index contributed by atoms with van der Waals surface area (Å²) in [6, 6.07) is 10.2. The standard InChI is InChI=1S/C23H23N3O3S/c1-14-18-6-4-5-7-19(18)30-22(14)15(2)26(3)21(28)9-8-16-10-17-12-29-13-20(27)25-23(17)24-11-16/h4-11,15H,12-13H2,1-3H3,(H,24,25,27)/b9-8+. The SMILES string of the molecule is Cc1c(C(C)N(C)C(=O)/C=C/c2cnc3c(c2)COCC(=O)N3)sc2ccccc12. The Morgan fingerprint density at radius 3 is 2.93 bits per heavy atom. The van der Waals surface area contributed by atoms with E-state index in [9.17, 15) is 9.59 Å². The first-order valence-electron chi connectivity index (χ1n) is 9.73. The van der Waals surface area contributed by atoms with Gasteiger partial charge in [0, 0.05) is 34.5 Å². The highest BCUT2D eigenvalue weighted by atomic mass is 32.1. The van der Waals surface area contributed by atoms with Crippen molar-refractivity contribution in [1.82, 2.24) is 9.88 Å². The van der Waals surface area contributed by atoms with E-state index in [2.05, 4.69) is 29.4 Å². The molecule has 0 spiro atoms. The predicted octanol–water partition coefficient (Wildman–Crippen LogP) is 4.31. The van der Waals surface area contributed by atoms with E-state index in [4.69, 9.17) is 4.74 Å². The van der Waals surface area contributed by atoms with Crippen molar-refractivity contribution >= 4 is 45.1 Å². The van der Waals surface area contributed by atoms with E-state index in [1.165, 1.54) is 20.5 Å². The normalized spacial score (nSPS) is 15.0. The third-order valence-corrected chi connectivity index (χ3v) is 6.79. The molecule has 3 aromatic rings. The fraction of sp³-hybridized carbons (Fsp3) is 0.261. The van der Waals surface area contributed by atoms with Crippen LogP contribution in [0.4, 0.5) is 5.82 Å². The largest absolute Gasteiger partial charge is 0.367 e. The van der Waals surface area contributed by atoms with Crippen molar-refractivity contribution in [2.24, 2.45) is 0 Å². The molecule has 7 heteroatoms. The minimum absolute atomic E-state index is 0.0137. The second-order valence-electron chi connectivity index (χ2n) is 7.36. The summed E-state index contributed by atoms with van der Waals surface area (Å²) in [5.74, 6) is 0.206. The van der Waals surface area contributed by atoms with Gasteiger partial charge in [0.25, 0.3) is 5.91 Å².